The van der Waals surface area contributed by atoms with Crippen molar-refractivity contribution in [3.8, 4) is 11.5 Å². The molecule has 1 atom stereocenters. The van der Waals surface area contributed by atoms with Crippen LogP contribution in [0, 0.1) is 5.82 Å². The number of nitrogens with zero attached hydrogens (tertiary/aromatic N) is 1. The molecule has 3 aromatic carbocycles. The number of methoxy groups -OCH3 is 2. The fourth-order valence-corrected chi connectivity index (χ4v) is 5.91. The Morgan fingerprint density at radius 3 is 2.16 bits per heavy atom. The lowest BCUT2D eigenvalue weighted by atomic mass is 10.1. The van der Waals surface area contributed by atoms with E-state index in [0.717, 1.165) is 24.0 Å². The molecule has 0 saturated heterocycles. The third-order valence-electron chi connectivity index (χ3n) is 7.35. The van der Waals surface area contributed by atoms with Crippen molar-refractivity contribution in [3.63, 3.8) is 0 Å². The minimum absolute atomic E-state index is 0.0135. The molecule has 1 fully saturated rings. The Labute approximate surface area is 252 Å². The number of ether oxygens (including phenoxy) is 2. The Morgan fingerprint density at radius 2 is 1.53 bits per heavy atom. The zero-order chi connectivity index (χ0) is 31.0. The first kappa shape index (κ1) is 32.0. The van der Waals surface area contributed by atoms with Crippen LogP contribution in [0.3, 0.4) is 0 Å². The molecule has 0 unspecified atom stereocenters. The standard InChI is InChI=1S/C32H38FN3O6S/c1-22(32(38)34-19-18-24-8-16-29(41-2)30(20-24)42-3)36(21-25-4-10-26(33)11-5-25)31(37)17-9-23-6-14-28(15-7-23)43(39,40)35-27-12-13-27/h4-8,10-11,14-16,20,22,27,35H,9,12-13,17-19,21H2,1-3H3,(H,34,38)/t22-/m1/s1. The van der Waals surface area contributed by atoms with Crippen molar-refractivity contribution in [2.24, 2.45) is 0 Å². The van der Waals surface area contributed by atoms with E-state index in [-0.39, 0.29) is 41.5 Å². The van der Waals surface area contributed by atoms with Crippen LogP contribution in [0.2, 0.25) is 0 Å². The predicted octanol–water partition coefficient (Wildman–Crippen LogP) is 3.99. The van der Waals surface area contributed by atoms with Crippen LogP contribution in [0.25, 0.3) is 0 Å². The SMILES string of the molecule is COc1ccc(CCNC(=O)[C@@H](C)N(Cc2ccc(F)cc2)C(=O)CCc2ccc(S(=O)(=O)NC3CC3)cc2)cc1OC. The van der Waals surface area contributed by atoms with Gasteiger partial charge < -0.3 is 19.7 Å². The van der Waals surface area contributed by atoms with Gasteiger partial charge in [-0.15, -0.1) is 0 Å². The number of hydrogen-bond acceptors (Lipinski definition) is 6. The van der Waals surface area contributed by atoms with Gasteiger partial charge in [-0.05, 0) is 85.7 Å². The molecule has 2 N–H and O–H groups in total. The molecule has 1 saturated carbocycles. The Hall–Kier alpha value is -3.96. The van der Waals surface area contributed by atoms with E-state index in [0.29, 0.717) is 36.4 Å². The number of carbonyl (C=O) groups excluding carboxylic acids is 2. The largest absolute Gasteiger partial charge is 0.493 e. The zero-order valence-corrected chi connectivity index (χ0v) is 25.5. The number of aryl methyl sites for hydroxylation is 1. The minimum Gasteiger partial charge on any atom is -0.493 e. The van der Waals surface area contributed by atoms with Gasteiger partial charge in [0.2, 0.25) is 21.8 Å². The first-order valence-electron chi connectivity index (χ1n) is 14.2. The summed E-state index contributed by atoms with van der Waals surface area (Å²) in [7, 11) is -0.433. The molecule has 3 aromatic rings. The molecule has 0 radical (unpaired) electrons. The average molecular weight is 612 g/mol. The van der Waals surface area contributed by atoms with E-state index in [2.05, 4.69) is 10.0 Å². The molecule has 1 aliphatic carbocycles. The van der Waals surface area contributed by atoms with Crippen molar-refractivity contribution in [3.05, 3.63) is 89.2 Å². The van der Waals surface area contributed by atoms with Crippen molar-refractivity contribution in [1.82, 2.24) is 14.9 Å². The van der Waals surface area contributed by atoms with E-state index < -0.39 is 16.1 Å². The number of halogens is 1. The molecule has 9 nitrogen and oxygen atoms in total. The Morgan fingerprint density at radius 1 is 0.907 bits per heavy atom. The van der Waals surface area contributed by atoms with Gasteiger partial charge in [-0.2, -0.15) is 0 Å². The topological polar surface area (TPSA) is 114 Å². The van der Waals surface area contributed by atoms with E-state index >= 15 is 0 Å². The van der Waals surface area contributed by atoms with Gasteiger partial charge in [-0.3, -0.25) is 9.59 Å². The first-order valence-corrected chi connectivity index (χ1v) is 15.7. The van der Waals surface area contributed by atoms with Crippen LogP contribution >= 0.6 is 0 Å². The van der Waals surface area contributed by atoms with Crippen LogP contribution in [-0.2, 0) is 39.0 Å². The van der Waals surface area contributed by atoms with E-state index in [1.54, 1.807) is 51.5 Å². The summed E-state index contributed by atoms with van der Waals surface area (Å²) in [6.07, 6.45) is 2.72. The molecule has 11 heteroatoms. The van der Waals surface area contributed by atoms with Gasteiger partial charge in [0.05, 0.1) is 19.1 Å². The molecular formula is C32H38FN3O6S. The van der Waals surface area contributed by atoms with Crippen LogP contribution in [0.5, 0.6) is 11.5 Å². The highest BCUT2D eigenvalue weighted by atomic mass is 32.2. The smallest absolute Gasteiger partial charge is 0.242 e. The number of hydrogen-bond donors (Lipinski definition) is 2. The summed E-state index contributed by atoms with van der Waals surface area (Å²) in [6, 6.07) is 17.1. The number of benzene rings is 3. The van der Waals surface area contributed by atoms with Crippen LogP contribution in [0.1, 0.15) is 42.9 Å². The molecule has 43 heavy (non-hydrogen) atoms. The van der Waals surface area contributed by atoms with Crippen LogP contribution < -0.4 is 19.5 Å². The molecule has 4 rings (SSSR count). The maximum Gasteiger partial charge on any atom is 0.242 e. The van der Waals surface area contributed by atoms with Crippen LogP contribution in [0.4, 0.5) is 4.39 Å². The van der Waals surface area contributed by atoms with E-state index in [9.17, 15) is 22.4 Å². The minimum atomic E-state index is -3.56. The molecule has 0 spiro atoms. The zero-order valence-electron chi connectivity index (χ0n) is 24.6. The fourth-order valence-electron chi connectivity index (χ4n) is 4.60. The number of nitrogens with one attached hydrogen (secondary N) is 2. The van der Waals surface area contributed by atoms with Crippen molar-refractivity contribution in [1.29, 1.82) is 0 Å². The summed E-state index contributed by atoms with van der Waals surface area (Å²) in [5.41, 5.74) is 2.44. The first-order chi connectivity index (χ1) is 20.6. The normalized spacial score (nSPS) is 13.7. The second kappa shape index (κ2) is 14.5. The fraction of sp³-hybridized carbons (Fsp3) is 0.375. The number of sulfonamides is 1. The van der Waals surface area contributed by atoms with Crippen molar-refractivity contribution in [2.45, 2.75) is 62.6 Å². The monoisotopic (exact) mass is 611 g/mol. The Kier molecular flexibility index (Phi) is 10.8. The van der Waals surface area contributed by atoms with Crippen molar-refractivity contribution >= 4 is 21.8 Å². The van der Waals surface area contributed by atoms with Gasteiger partial charge >= 0.3 is 0 Å². The summed E-state index contributed by atoms with van der Waals surface area (Å²) in [4.78, 5) is 28.3. The molecule has 0 bridgehead atoms. The molecule has 0 aliphatic heterocycles. The van der Waals surface area contributed by atoms with Gasteiger partial charge in [0, 0.05) is 25.6 Å². The summed E-state index contributed by atoms with van der Waals surface area (Å²) in [6.45, 7) is 2.15. The summed E-state index contributed by atoms with van der Waals surface area (Å²) in [5, 5.41) is 2.91. The second-order valence-electron chi connectivity index (χ2n) is 10.6. The number of amides is 2. The molecule has 2 amide bonds. The molecular weight excluding hydrogens is 573 g/mol. The Bertz CT molecular complexity index is 1510. The van der Waals surface area contributed by atoms with Crippen LogP contribution in [0.15, 0.2) is 71.6 Å². The van der Waals surface area contributed by atoms with E-state index in [1.807, 2.05) is 12.1 Å². The van der Waals surface area contributed by atoms with Crippen LogP contribution in [-0.4, -0.2) is 58.0 Å². The third-order valence-corrected chi connectivity index (χ3v) is 8.89. The average Bonchev–Trinajstić information content (AvgIpc) is 3.82. The van der Waals surface area contributed by atoms with E-state index in [1.165, 1.54) is 29.2 Å². The maximum atomic E-state index is 13.5. The van der Waals surface area contributed by atoms with Gasteiger partial charge in [0.1, 0.15) is 11.9 Å². The van der Waals surface area contributed by atoms with Gasteiger partial charge in [-0.25, -0.2) is 17.5 Å². The van der Waals surface area contributed by atoms with Gasteiger partial charge in [0.15, 0.2) is 11.5 Å². The number of carbonyl (C=O) groups is 2. The van der Waals surface area contributed by atoms with Crippen molar-refractivity contribution in [2.75, 3.05) is 20.8 Å². The lowest BCUT2D eigenvalue weighted by molar-refractivity contribution is -0.140. The highest BCUT2D eigenvalue weighted by molar-refractivity contribution is 7.89. The van der Waals surface area contributed by atoms with E-state index in [4.69, 9.17) is 9.47 Å². The lowest BCUT2D eigenvalue weighted by Crippen LogP contribution is -2.48. The molecule has 0 aromatic heterocycles. The molecule has 0 heterocycles. The van der Waals surface area contributed by atoms with Crippen molar-refractivity contribution < 1.29 is 31.9 Å². The molecule has 1 aliphatic rings. The summed E-state index contributed by atoms with van der Waals surface area (Å²) in [5.74, 6) is 0.264. The van der Waals surface area contributed by atoms with Gasteiger partial charge in [-0.1, -0.05) is 30.3 Å². The Balaban J connectivity index is 1.38. The molecule has 230 valence electrons. The predicted molar refractivity (Wildman–Crippen MR) is 161 cm³/mol. The second-order valence-corrected chi connectivity index (χ2v) is 12.3. The highest BCUT2D eigenvalue weighted by Crippen LogP contribution is 2.27. The lowest BCUT2D eigenvalue weighted by Gasteiger charge is -2.29. The maximum absolute atomic E-state index is 13.5. The number of rotatable bonds is 15. The summed E-state index contributed by atoms with van der Waals surface area (Å²) >= 11 is 0. The highest BCUT2D eigenvalue weighted by Gasteiger charge is 2.28. The van der Waals surface area contributed by atoms with Gasteiger partial charge in [0.25, 0.3) is 0 Å². The summed E-state index contributed by atoms with van der Waals surface area (Å²) < 4.78 is 51.7. The quantitative estimate of drug-likeness (QED) is 0.269. The third kappa shape index (κ3) is 9.01.